The van der Waals surface area contributed by atoms with Gasteiger partial charge in [-0.2, -0.15) is 0 Å². The maximum Gasteiger partial charge on any atom is 0.257 e. The summed E-state index contributed by atoms with van der Waals surface area (Å²) in [5.41, 5.74) is 4.89. The molecule has 1 fully saturated rings. The van der Waals surface area contributed by atoms with E-state index in [4.69, 9.17) is 0 Å². The van der Waals surface area contributed by atoms with Crippen LogP contribution in [0.4, 0.5) is 5.69 Å². The number of nitrogens with one attached hydrogen (secondary N) is 1. The SMILES string of the molecule is Cc1cccc2c1NCCC1CCC(CN(C(=O)c3cncnc3C)C2)N1C. The van der Waals surface area contributed by atoms with Crippen molar-refractivity contribution in [1.29, 1.82) is 0 Å². The van der Waals surface area contributed by atoms with Crippen molar-refractivity contribution < 1.29 is 4.79 Å². The predicted molar refractivity (Wildman–Crippen MR) is 110 cm³/mol. The molecule has 1 amide bonds. The van der Waals surface area contributed by atoms with Gasteiger partial charge in [0.25, 0.3) is 5.91 Å². The van der Waals surface area contributed by atoms with E-state index in [0.717, 1.165) is 31.6 Å². The second-order valence-corrected chi connectivity index (χ2v) is 8.08. The monoisotopic (exact) mass is 379 g/mol. The first kappa shape index (κ1) is 18.9. The Kier molecular flexibility index (Phi) is 5.31. The summed E-state index contributed by atoms with van der Waals surface area (Å²) < 4.78 is 0. The number of carbonyl (C=O) groups is 1. The zero-order chi connectivity index (χ0) is 19.7. The zero-order valence-electron chi connectivity index (χ0n) is 17.0. The van der Waals surface area contributed by atoms with Crippen molar-refractivity contribution in [3.05, 3.63) is 53.1 Å². The van der Waals surface area contributed by atoms with Crippen molar-refractivity contribution in [2.75, 3.05) is 25.5 Å². The van der Waals surface area contributed by atoms with Gasteiger partial charge in [-0.1, -0.05) is 18.2 Å². The second-order valence-electron chi connectivity index (χ2n) is 8.08. The summed E-state index contributed by atoms with van der Waals surface area (Å²) in [4.78, 5) is 26.2. The van der Waals surface area contributed by atoms with E-state index in [1.807, 2.05) is 11.8 Å². The summed E-state index contributed by atoms with van der Waals surface area (Å²) in [6.07, 6.45) is 6.60. The molecule has 28 heavy (non-hydrogen) atoms. The van der Waals surface area contributed by atoms with Gasteiger partial charge in [-0.05, 0) is 51.3 Å². The first-order valence-corrected chi connectivity index (χ1v) is 10.1. The fraction of sp³-hybridized carbons (Fsp3) is 0.500. The normalized spacial score (nSPS) is 22.9. The standard InChI is InChI=1S/C22H29N5O/c1-15-5-4-6-17-12-27(22(28)20-11-23-14-25-16(20)2)13-19-8-7-18(26(19)3)9-10-24-21(15)17/h4-6,11,14,18-19,24H,7-10,12-13H2,1-3H3. The van der Waals surface area contributed by atoms with E-state index in [9.17, 15) is 4.79 Å². The van der Waals surface area contributed by atoms with Crippen LogP contribution in [0.1, 0.15) is 46.4 Å². The van der Waals surface area contributed by atoms with Gasteiger partial charge in [0.05, 0.1) is 11.3 Å². The average molecular weight is 380 g/mol. The minimum absolute atomic E-state index is 0.0154. The van der Waals surface area contributed by atoms with Crippen LogP contribution in [-0.4, -0.2) is 57.9 Å². The fourth-order valence-corrected chi connectivity index (χ4v) is 4.59. The van der Waals surface area contributed by atoms with Gasteiger partial charge >= 0.3 is 0 Å². The molecule has 1 saturated heterocycles. The maximum atomic E-state index is 13.5. The molecule has 1 aromatic carbocycles. The highest BCUT2D eigenvalue weighted by Gasteiger charge is 2.33. The number of fused-ring (bicyclic) bond motifs is 3. The van der Waals surface area contributed by atoms with Gasteiger partial charge in [0.2, 0.25) is 0 Å². The lowest BCUT2D eigenvalue weighted by molar-refractivity contribution is 0.0687. The van der Waals surface area contributed by atoms with Crippen molar-refractivity contribution >= 4 is 11.6 Å². The summed E-state index contributed by atoms with van der Waals surface area (Å²) >= 11 is 0. The number of carbonyl (C=O) groups excluding carboxylic acids is 1. The third-order valence-electron chi connectivity index (χ3n) is 6.34. The number of likely N-dealkylation sites (N-methyl/N-ethyl adjacent to an activating group) is 1. The molecular weight excluding hydrogens is 350 g/mol. The molecule has 0 spiro atoms. The quantitative estimate of drug-likeness (QED) is 0.825. The summed E-state index contributed by atoms with van der Waals surface area (Å²) in [6, 6.07) is 7.30. The van der Waals surface area contributed by atoms with Crippen LogP contribution in [0.3, 0.4) is 0 Å². The predicted octanol–water partition coefficient (Wildman–Crippen LogP) is 3.01. The summed E-state index contributed by atoms with van der Waals surface area (Å²) in [5.74, 6) is 0.0154. The molecule has 6 heteroatoms. The molecular formula is C22H29N5O. The molecule has 0 radical (unpaired) electrons. The Hall–Kier alpha value is -2.47. The van der Waals surface area contributed by atoms with Crippen molar-refractivity contribution in [2.24, 2.45) is 0 Å². The lowest BCUT2D eigenvalue weighted by atomic mass is 10.0. The van der Waals surface area contributed by atoms with Gasteiger partial charge in [0, 0.05) is 43.6 Å². The molecule has 2 aliphatic heterocycles. The molecule has 2 bridgehead atoms. The molecule has 1 N–H and O–H groups in total. The number of hydrogen-bond donors (Lipinski definition) is 1. The van der Waals surface area contributed by atoms with E-state index in [0.29, 0.717) is 24.2 Å². The average Bonchev–Trinajstić information content (AvgIpc) is 3.01. The molecule has 1 aromatic heterocycles. The van der Waals surface area contributed by atoms with Crippen molar-refractivity contribution in [1.82, 2.24) is 19.8 Å². The van der Waals surface area contributed by atoms with Crippen LogP contribution in [0.25, 0.3) is 0 Å². The van der Waals surface area contributed by atoms with E-state index in [-0.39, 0.29) is 5.91 Å². The molecule has 0 saturated carbocycles. The van der Waals surface area contributed by atoms with Crippen molar-refractivity contribution in [2.45, 2.75) is 51.7 Å². The van der Waals surface area contributed by atoms with Crippen molar-refractivity contribution in [3.63, 3.8) is 0 Å². The van der Waals surface area contributed by atoms with Crippen LogP contribution in [0.2, 0.25) is 0 Å². The first-order valence-electron chi connectivity index (χ1n) is 10.1. The number of amides is 1. The van der Waals surface area contributed by atoms with Crippen LogP contribution in [0.15, 0.2) is 30.7 Å². The highest BCUT2D eigenvalue weighted by Crippen LogP contribution is 2.29. The van der Waals surface area contributed by atoms with Crippen molar-refractivity contribution in [3.8, 4) is 0 Å². The number of aryl methyl sites for hydroxylation is 2. The number of nitrogens with zero attached hydrogens (tertiary/aromatic N) is 4. The minimum atomic E-state index is 0.0154. The van der Waals surface area contributed by atoms with Crippen LogP contribution in [-0.2, 0) is 6.54 Å². The summed E-state index contributed by atoms with van der Waals surface area (Å²) in [7, 11) is 2.21. The van der Waals surface area contributed by atoms with Gasteiger partial charge in [0.15, 0.2) is 0 Å². The Bertz CT molecular complexity index is 868. The molecule has 2 unspecified atom stereocenters. The van der Waals surface area contributed by atoms with Gasteiger partial charge in [-0.25, -0.2) is 9.97 Å². The summed E-state index contributed by atoms with van der Waals surface area (Å²) in [6.45, 7) is 6.28. The largest absolute Gasteiger partial charge is 0.384 e. The summed E-state index contributed by atoms with van der Waals surface area (Å²) in [5, 5.41) is 3.65. The minimum Gasteiger partial charge on any atom is -0.384 e. The second kappa shape index (κ2) is 7.87. The molecule has 0 aliphatic carbocycles. The maximum absolute atomic E-state index is 13.5. The van der Waals surface area contributed by atoms with Crippen LogP contribution < -0.4 is 5.32 Å². The molecule has 148 valence electrons. The van der Waals surface area contributed by atoms with Crippen LogP contribution >= 0.6 is 0 Å². The molecule has 4 rings (SSSR count). The number of rotatable bonds is 1. The third kappa shape index (κ3) is 3.61. The lowest BCUT2D eigenvalue weighted by Gasteiger charge is -2.31. The topological polar surface area (TPSA) is 61.4 Å². The molecule has 2 atom stereocenters. The van der Waals surface area contributed by atoms with E-state index in [1.165, 1.54) is 29.6 Å². The molecule has 6 nitrogen and oxygen atoms in total. The number of para-hydroxylation sites is 1. The Balaban J connectivity index is 1.72. The number of aromatic nitrogens is 2. The zero-order valence-corrected chi connectivity index (χ0v) is 17.0. The first-order chi connectivity index (χ1) is 13.5. The van der Waals surface area contributed by atoms with E-state index < -0.39 is 0 Å². The highest BCUT2D eigenvalue weighted by molar-refractivity contribution is 5.95. The molecule has 3 heterocycles. The Morgan fingerprint density at radius 2 is 2.00 bits per heavy atom. The Labute approximate surface area is 167 Å². The number of anilines is 1. The Morgan fingerprint density at radius 1 is 1.18 bits per heavy atom. The van der Waals surface area contributed by atoms with Gasteiger partial charge in [0.1, 0.15) is 6.33 Å². The number of hydrogen-bond acceptors (Lipinski definition) is 5. The highest BCUT2D eigenvalue weighted by atomic mass is 16.2. The molecule has 2 aliphatic rings. The van der Waals surface area contributed by atoms with E-state index >= 15 is 0 Å². The van der Waals surface area contributed by atoms with Crippen LogP contribution in [0.5, 0.6) is 0 Å². The molecule has 2 aromatic rings. The van der Waals surface area contributed by atoms with Gasteiger partial charge in [-0.15, -0.1) is 0 Å². The fourth-order valence-electron chi connectivity index (χ4n) is 4.59. The van der Waals surface area contributed by atoms with Gasteiger partial charge < -0.3 is 10.2 Å². The van der Waals surface area contributed by atoms with E-state index in [2.05, 4.69) is 52.4 Å². The van der Waals surface area contributed by atoms with E-state index in [1.54, 1.807) is 6.20 Å². The number of benzene rings is 1. The smallest absolute Gasteiger partial charge is 0.257 e. The lowest BCUT2D eigenvalue weighted by Crippen LogP contribution is -2.43. The van der Waals surface area contributed by atoms with Crippen LogP contribution in [0, 0.1) is 13.8 Å². The Morgan fingerprint density at radius 3 is 2.82 bits per heavy atom. The third-order valence-corrected chi connectivity index (χ3v) is 6.34. The van der Waals surface area contributed by atoms with Gasteiger partial charge in [-0.3, -0.25) is 9.69 Å².